The van der Waals surface area contributed by atoms with Crippen LogP contribution in [-0.2, 0) is 0 Å². The number of rotatable bonds is 5. The van der Waals surface area contributed by atoms with Crippen molar-refractivity contribution in [3.63, 3.8) is 0 Å². The maximum Gasteiger partial charge on any atom is 0.143 e. The van der Waals surface area contributed by atoms with Gasteiger partial charge < -0.3 is 20.1 Å². The topological polar surface area (TPSA) is 47.7 Å². The van der Waals surface area contributed by atoms with E-state index in [1.807, 2.05) is 18.2 Å². The molecule has 0 aromatic heterocycles. The summed E-state index contributed by atoms with van der Waals surface area (Å²) in [6.45, 7) is 2.67. The Labute approximate surface area is 121 Å². The highest BCUT2D eigenvalue weighted by Gasteiger charge is 2.17. The van der Waals surface area contributed by atoms with Crippen LogP contribution in [0.5, 0.6) is 11.5 Å². The molecule has 2 rings (SSSR count). The summed E-state index contributed by atoms with van der Waals surface area (Å²) in [5.74, 6) is 1.75. The molecule has 0 saturated carbocycles. The molecule has 0 aliphatic carbocycles. The molecule has 2 N–H and O–H groups in total. The van der Waals surface area contributed by atoms with Gasteiger partial charge in [-0.15, -0.1) is 0 Å². The van der Waals surface area contributed by atoms with Crippen LogP contribution in [0.3, 0.4) is 0 Å². The van der Waals surface area contributed by atoms with E-state index in [4.69, 9.17) is 15.2 Å². The van der Waals surface area contributed by atoms with Gasteiger partial charge >= 0.3 is 0 Å². The molecule has 1 aliphatic rings. The molecular formula is C16H24N2O2. The molecule has 1 heterocycles. The fourth-order valence-electron chi connectivity index (χ4n) is 2.61. The first-order valence-corrected chi connectivity index (χ1v) is 7.17. The van der Waals surface area contributed by atoms with Gasteiger partial charge in [0.2, 0.25) is 0 Å². The van der Waals surface area contributed by atoms with Gasteiger partial charge in [0.15, 0.2) is 0 Å². The molecule has 0 bridgehead atoms. The van der Waals surface area contributed by atoms with Gasteiger partial charge in [-0.2, -0.15) is 0 Å². The summed E-state index contributed by atoms with van der Waals surface area (Å²) in [4.78, 5) is 2.38. The van der Waals surface area contributed by atoms with Gasteiger partial charge in [0.25, 0.3) is 0 Å². The summed E-state index contributed by atoms with van der Waals surface area (Å²) in [5.41, 5.74) is 7.63. The molecular weight excluding hydrogens is 252 g/mol. The van der Waals surface area contributed by atoms with E-state index < -0.39 is 0 Å². The first kappa shape index (κ1) is 14.7. The smallest absolute Gasteiger partial charge is 0.143 e. The zero-order chi connectivity index (χ0) is 14.4. The molecule has 1 aromatic carbocycles. The van der Waals surface area contributed by atoms with Crippen LogP contribution >= 0.6 is 0 Å². The normalized spacial score (nSPS) is 15.7. The first-order chi connectivity index (χ1) is 9.80. The van der Waals surface area contributed by atoms with Crippen molar-refractivity contribution in [2.45, 2.75) is 19.3 Å². The minimum atomic E-state index is 0.513. The number of ether oxygens (including phenoxy) is 2. The Balaban J connectivity index is 2.38. The minimum absolute atomic E-state index is 0.513. The largest absolute Gasteiger partial charge is 0.496 e. The van der Waals surface area contributed by atoms with Gasteiger partial charge in [-0.1, -0.05) is 12.2 Å². The third-order valence-electron chi connectivity index (χ3n) is 3.66. The summed E-state index contributed by atoms with van der Waals surface area (Å²) in [6, 6.07) is 4.09. The van der Waals surface area contributed by atoms with E-state index in [9.17, 15) is 0 Å². The number of hydrogen-bond acceptors (Lipinski definition) is 4. The number of nitrogens with zero attached hydrogens (tertiary/aromatic N) is 1. The maximum atomic E-state index is 5.56. The van der Waals surface area contributed by atoms with Crippen molar-refractivity contribution in [3.05, 3.63) is 23.8 Å². The molecule has 1 saturated heterocycles. The Morgan fingerprint density at radius 1 is 1.10 bits per heavy atom. The van der Waals surface area contributed by atoms with Crippen molar-refractivity contribution in [3.8, 4) is 11.5 Å². The maximum absolute atomic E-state index is 5.56. The number of hydrogen-bond donors (Lipinski definition) is 1. The predicted octanol–water partition coefficient (Wildman–Crippen LogP) is 2.67. The van der Waals surface area contributed by atoms with E-state index in [1.165, 1.54) is 19.3 Å². The summed E-state index contributed by atoms with van der Waals surface area (Å²) in [7, 11) is 3.41. The number of methoxy groups -OCH3 is 2. The second-order valence-corrected chi connectivity index (χ2v) is 4.95. The molecule has 20 heavy (non-hydrogen) atoms. The third kappa shape index (κ3) is 3.25. The van der Waals surface area contributed by atoms with Crippen LogP contribution in [0.15, 0.2) is 18.2 Å². The lowest BCUT2D eigenvalue weighted by Crippen LogP contribution is -2.29. The molecule has 1 aliphatic heterocycles. The average Bonchev–Trinajstić information content (AvgIpc) is 2.52. The first-order valence-electron chi connectivity index (χ1n) is 7.17. The fraction of sp³-hybridized carbons (Fsp3) is 0.500. The van der Waals surface area contributed by atoms with E-state index in [-0.39, 0.29) is 0 Å². The molecule has 0 atom stereocenters. The Hall–Kier alpha value is -1.68. The zero-order valence-corrected chi connectivity index (χ0v) is 12.4. The lowest BCUT2D eigenvalue weighted by atomic mass is 10.1. The van der Waals surface area contributed by atoms with Crippen molar-refractivity contribution in [2.75, 3.05) is 38.8 Å². The summed E-state index contributed by atoms with van der Waals surface area (Å²) in [5, 5.41) is 0. The number of benzene rings is 1. The Morgan fingerprint density at radius 3 is 2.40 bits per heavy atom. The van der Waals surface area contributed by atoms with Gasteiger partial charge in [-0.05, 0) is 25.3 Å². The predicted molar refractivity (Wildman–Crippen MR) is 83.7 cm³/mol. The van der Waals surface area contributed by atoms with Gasteiger partial charge in [-0.25, -0.2) is 0 Å². The molecule has 1 aromatic rings. The molecule has 0 radical (unpaired) electrons. The van der Waals surface area contributed by atoms with Crippen LogP contribution in [0.4, 0.5) is 5.69 Å². The van der Waals surface area contributed by atoms with E-state index >= 15 is 0 Å². The van der Waals surface area contributed by atoms with Crippen molar-refractivity contribution in [2.24, 2.45) is 5.73 Å². The van der Waals surface area contributed by atoms with E-state index in [1.54, 1.807) is 14.2 Å². The van der Waals surface area contributed by atoms with Gasteiger partial charge in [0, 0.05) is 31.3 Å². The molecule has 110 valence electrons. The standard InChI is InChI=1S/C16H24N2O2/c1-19-15-12-14(18-9-4-3-5-10-18)16(20-2)11-13(15)7-6-8-17/h6-7,11-12H,3-5,8-10,17H2,1-2H3/b7-6+. The number of nitrogens with two attached hydrogens (primary N) is 1. The quantitative estimate of drug-likeness (QED) is 0.898. The average molecular weight is 276 g/mol. The van der Waals surface area contributed by atoms with Gasteiger partial charge in [0.05, 0.1) is 19.9 Å². The van der Waals surface area contributed by atoms with Gasteiger partial charge in [-0.3, -0.25) is 0 Å². The summed E-state index contributed by atoms with van der Waals surface area (Å²) >= 11 is 0. The number of piperidine rings is 1. The van der Waals surface area contributed by atoms with E-state index in [2.05, 4.69) is 11.0 Å². The highest BCUT2D eigenvalue weighted by Crippen LogP contribution is 2.37. The van der Waals surface area contributed by atoms with Crippen LogP contribution in [-0.4, -0.2) is 33.9 Å². The molecule has 4 nitrogen and oxygen atoms in total. The Kier molecular flexibility index (Phi) is 5.30. The Morgan fingerprint density at radius 2 is 1.80 bits per heavy atom. The monoisotopic (exact) mass is 276 g/mol. The van der Waals surface area contributed by atoms with Crippen LogP contribution in [0, 0.1) is 0 Å². The number of anilines is 1. The van der Waals surface area contributed by atoms with Crippen LogP contribution in [0.25, 0.3) is 6.08 Å². The minimum Gasteiger partial charge on any atom is -0.496 e. The fourth-order valence-corrected chi connectivity index (χ4v) is 2.61. The molecule has 0 amide bonds. The van der Waals surface area contributed by atoms with Crippen LogP contribution in [0.1, 0.15) is 24.8 Å². The van der Waals surface area contributed by atoms with Crippen LogP contribution < -0.4 is 20.1 Å². The SMILES string of the molecule is COc1cc(N2CCCCC2)c(OC)cc1/C=C/CN. The van der Waals surface area contributed by atoms with E-state index in [0.29, 0.717) is 6.54 Å². The van der Waals surface area contributed by atoms with Crippen molar-refractivity contribution in [1.29, 1.82) is 0 Å². The molecule has 1 fully saturated rings. The van der Waals surface area contributed by atoms with Crippen LogP contribution in [0.2, 0.25) is 0 Å². The highest BCUT2D eigenvalue weighted by atomic mass is 16.5. The van der Waals surface area contributed by atoms with E-state index in [0.717, 1.165) is 35.8 Å². The second kappa shape index (κ2) is 7.20. The van der Waals surface area contributed by atoms with Gasteiger partial charge in [0.1, 0.15) is 11.5 Å². The molecule has 0 unspecified atom stereocenters. The Bertz CT molecular complexity index is 466. The summed E-state index contributed by atoms with van der Waals surface area (Å²) < 4.78 is 11.1. The van der Waals surface area contributed by atoms with Crippen molar-refractivity contribution < 1.29 is 9.47 Å². The zero-order valence-electron chi connectivity index (χ0n) is 12.4. The summed E-state index contributed by atoms with van der Waals surface area (Å²) in [6.07, 6.45) is 7.67. The third-order valence-corrected chi connectivity index (χ3v) is 3.66. The lowest BCUT2D eigenvalue weighted by molar-refractivity contribution is 0.400. The van der Waals surface area contributed by atoms with Crippen molar-refractivity contribution in [1.82, 2.24) is 0 Å². The lowest BCUT2D eigenvalue weighted by Gasteiger charge is -2.30. The molecule has 4 heteroatoms. The second-order valence-electron chi connectivity index (χ2n) is 4.95. The van der Waals surface area contributed by atoms with Crippen molar-refractivity contribution >= 4 is 11.8 Å². The highest BCUT2D eigenvalue weighted by molar-refractivity contribution is 5.70. The molecule has 0 spiro atoms.